The van der Waals surface area contributed by atoms with Gasteiger partial charge in [-0.25, -0.2) is 0 Å². The number of hydrogen-bond donors (Lipinski definition) is 1. The molecular formula is C7H10BrNOS. The molecule has 0 unspecified atom stereocenters. The fourth-order valence-corrected chi connectivity index (χ4v) is 2.18. The first kappa shape index (κ1) is 9.19. The fourth-order valence-electron chi connectivity index (χ4n) is 0.723. The van der Waals surface area contributed by atoms with Gasteiger partial charge in [0.2, 0.25) is 0 Å². The Bertz CT molecular complexity index is 214. The molecule has 11 heavy (non-hydrogen) atoms. The van der Waals surface area contributed by atoms with E-state index in [1.165, 1.54) is 8.66 Å². The molecule has 0 saturated heterocycles. The van der Waals surface area contributed by atoms with Gasteiger partial charge in [0, 0.05) is 18.5 Å². The molecule has 0 aliphatic heterocycles. The average molecular weight is 236 g/mol. The summed E-state index contributed by atoms with van der Waals surface area (Å²) < 4.78 is 6.03. The third kappa shape index (κ3) is 3.33. The van der Waals surface area contributed by atoms with E-state index in [1.807, 2.05) is 0 Å². The molecular weight excluding hydrogens is 226 g/mol. The van der Waals surface area contributed by atoms with Gasteiger partial charge in [-0.1, -0.05) is 0 Å². The van der Waals surface area contributed by atoms with Crippen LogP contribution >= 0.6 is 27.3 Å². The molecule has 0 aromatic carbocycles. The van der Waals surface area contributed by atoms with Crippen molar-refractivity contribution in [3.8, 4) is 0 Å². The minimum Gasteiger partial charge on any atom is -0.370 e. The van der Waals surface area contributed by atoms with Crippen LogP contribution in [0, 0.1) is 0 Å². The van der Waals surface area contributed by atoms with E-state index in [-0.39, 0.29) is 0 Å². The largest absolute Gasteiger partial charge is 0.370 e. The van der Waals surface area contributed by atoms with E-state index < -0.39 is 0 Å². The maximum atomic E-state index is 4.85. The number of ether oxygens (including phenoxy) is 1. The summed E-state index contributed by atoms with van der Waals surface area (Å²) in [4.78, 5) is 1.31. The lowest BCUT2D eigenvalue weighted by atomic mass is 10.5. The fraction of sp³-hybridized carbons (Fsp3) is 0.429. The number of methoxy groups -OCH3 is 1. The van der Waals surface area contributed by atoms with Gasteiger partial charge in [-0.05, 0) is 28.1 Å². The number of hydrogen-bond acceptors (Lipinski definition) is 3. The summed E-state index contributed by atoms with van der Waals surface area (Å²) in [5, 5.41) is 3.13. The Hall–Kier alpha value is 0.1000. The van der Waals surface area contributed by atoms with Crippen molar-refractivity contribution in [2.45, 2.75) is 6.54 Å². The summed E-state index contributed by atoms with van der Waals surface area (Å²) in [6.45, 7) is 1.49. The predicted molar refractivity (Wildman–Crippen MR) is 50.7 cm³/mol. The smallest absolute Gasteiger partial charge is 0.0964 e. The first-order chi connectivity index (χ1) is 5.33. The van der Waals surface area contributed by atoms with Crippen molar-refractivity contribution in [1.29, 1.82) is 0 Å². The molecule has 0 amide bonds. The van der Waals surface area contributed by atoms with Gasteiger partial charge in [-0.15, -0.1) is 11.3 Å². The second-order valence-corrected chi connectivity index (χ2v) is 4.61. The van der Waals surface area contributed by atoms with Crippen molar-refractivity contribution >= 4 is 27.3 Å². The molecule has 0 spiro atoms. The van der Waals surface area contributed by atoms with Gasteiger partial charge in [-0.3, -0.25) is 5.32 Å². The Balaban J connectivity index is 2.27. The van der Waals surface area contributed by atoms with Crippen LogP contribution in [0.5, 0.6) is 0 Å². The number of thiophene rings is 1. The van der Waals surface area contributed by atoms with Crippen LogP contribution in [0.25, 0.3) is 0 Å². The average Bonchev–Trinajstić information content (AvgIpc) is 2.37. The topological polar surface area (TPSA) is 21.3 Å². The summed E-state index contributed by atoms with van der Waals surface area (Å²) >= 11 is 5.14. The maximum Gasteiger partial charge on any atom is 0.0964 e. The minimum atomic E-state index is 0.607. The molecule has 0 aliphatic carbocycles. The lowest BCUT2D eigenvalue weighted by Gasteiger charge is -1.98. The molecule has 1 N–H and O–H groups in total. The molecule has 0 atom stereocenters. The van der Waals surface area contributed by atoms with Gasteiger partial charge in [0.1, 0.15) is 0 Å². The van der Waals surface area contributed by atoms with Crippen molar-refractivity contribution in [2.24, 2.45) is 0 Å². The highest BCUT2D eigenvalue weighted by atomic mass is 79.9. The Labute approximate surface area is 78.7 Å². The molecule has 0 fully saturated rings. The lowest BCUT2D eigenvalue weighted by Crippen LogP contribution is -2.14. The molecule has 0 saturated carbocycles. The monoisotopic (exact) mass is 235 g/mol. The van der Waals surface area contributed by atoms with Crippen LogP contribution in [0.2, 0.25) is 0 Å². The van der Waals surface area contributed by atoms with E-state index in [9.17, 15) is 0 Å². The van der Waals surface area contributed by atoms with E-state index in [0.717, 1.165) is 6.54 Å². The van der Waals surface area contributed by atoms with Crippen molar-refractivity contribution < 1.29 is 4.74 Å². The molecule has 1 rings (SSSR count). The first-order valence-electron chi connectivity index (χ1n) is 3.27. The molecule has 62 valence electrons. The molecule has 0 bridgehead atoms. The van der Waals surface area contributed by atoms with Gasteiger partial charge in [0.15, 0.2) is 0 Å². The van der Waals surface area contributed by atoms with Crippen LogP contribution in [-0.2, 0) is 11.3 Å². The van der Waals surface area contributed by atoms with Crippen LogP contribution < -0.4 is 5.32 Å². The summed E-state index contributed by atoms with van der Waals surface area (Å²) in [6, 6.07) is 4.14. The Morgan fingerprint density at radius 2 is 2.45 bits per heavy atom. The van der Waals surface area contributed by atoms with Crippen molar-refractivity contribution in [1.82, 2.24) is 5.32 Å². The summed E-state index contributed by atoms with van der Waals surface area (Å²) in [5.41, 5.74) is 0. The van der Waals surface area contributed by atoms with Gasteiger partial charge in [0.25, 0.3) is 0 Å². The van der Waals surface area contributed by atoms with Gasteiger partial charge >= 0.3 is 0 Å². The summed E-state index contributed by atoms with van der Waals surface area (Å²) in [6.07, 6.45) is 0. The molecule has 2 nitrogen and oxygen atoms in total. The van der Waals surface area contributed by atoms with Gasteiger partial charge in [0.05, 0.1) is 10.5 Å². The van der Waals surface area contributed by atoms with Crippen molar-refractivity contribution in [3.63, 3.8) is 0 Å². The Morgan fingerprint density at radius 3 is 3.00 bits per heavy atom. The van der Waals surface area contributed by atoms with E-state index in [2.05, 4.69) is 33.4 Å². The molecule has 4 heteroatoms. The predicted octanol–water partition coefficient (Wildman–Crippen LogP) is 2.20. The zero-order valence-corrected chi connectivity index (χ0v) is 8.67. The van der Waals surface area contributed by atoms with Crippen LogP contribution in [0.15, 0.2) is 15.9 Å². The zero-order valence-electron chi connectivity index (χ0n) is 6.26. The number of halogens is 1. The standard InChI is InChI=1S/C7H10BrNOS/c1-10-5-9-4-6-2-3-7(8)11-6/h2-3,9H,4-5H2,1H3. The minimum absolute atomic E-state index is 0.607. The third-order valence-electron chi connectivity index (χ3n) is 1.17. The summed E-state index contributed by atoms with van der Waals surface area (Å²) in [5.74, 6) is 0. The molecule has 1 aromatic rings. The second-order valence-electron chi connectivity index (χ2n) is 2.07. The zero-order chi connectivity index (χ0) is 8.10. The highest BCUT2D eigenvalue weighted by Crippen LogP contribution is 2.21. The van der Waals surface area contributed by atoms with Crippen LogP contribution in [0.4, 0.5) is 0 Å². The van der Waals surface area contributed by atoms with Crippen LogP contribution in [0.1, 0.15) is 4.88 Å². The first-order valence-corrected chi connectivity index (χ1v) is 4.87. The molecule has 0 radical (unpaired) electrons. The van der Waals surface area contributed by atoms with Crippen LogP contribution in [-0.4, -0.2) is 13.8 Å². The molecule has 0 aliphatic rings. The highest BCUT2D eigenvalue weighted by molar-refractivity contribution is 9.11. The number of nitrogens with one attached hydrogen (secondary N) is 1. The van der Waals surface area contributed by atoms with Crippen molar-refractivity contribution in [3.05, 3.63) is 20.8 Å². The van der Waals surface area contributed by atoms with Gasteiger partial charge in [-0.2, -0.15) is 0 Å². The van der Waals surface area contributed by atoms with E-state index >= 15 is 0 Å². The number of rotatable bonds is 4. The quantitative estimate of drug-likeness (QED) is 0.639. The molecule has 1 aromatic heterocycles. The maximum absolute atomic E-state index is 4.85. The second kappa shape index (κ2) is 4.87. The van der Waals surface area contributed by atoms with E-state index in [4.69, 9.17) is 4.74 Å². The lowest BCUT2D eigenvalue weighted by molar-refractivity contribution is 0.174. The molecule has 1 heterocycles. The Kier molecular flexibility index (Phi) is 4.07. The normalized spacial score (nSPS) is 10.4. The van der Waals surface area contributed by atoms with Crippen LogP contribution in [0.3, 0.4) is 0 Å². The third-order valence-corrected chi connectivity index (χ3v) is 2.80. The van der Waals surface area contributed by atoms with Crippen molar-refractivity contribution in [2.75, 3.05) is 13.8 Å². The van der Waals surface area contributed by atoms with E-state index in [0.29, 0.717) is 6.73 Å². The van der Waals surface area contributed by atoms with Gasteiger partial charge < -0.3 is 4.74 Å². The summed E-state index contributed by atoms with van der Waals surface area (Å²) in [7, 11) is 1.68. The Morgan fingerprint density at radius 1 is 1.64 bits per heavy atom. The highest BCUT2D eigenvalue weighted by Gasteiger charge is 1.95. The SMILES string of the molecule is COCNCc1ccc(Br)s1. The van der Waals surface area contributed by atoms with E-state index in [1.54, 1.807) is 18.4 Å².